The Morgan fingerprint density at radius 1 is 1.16 bits per heavy atom. The van der Waals surface area contributed by atoms with Crippen LogP contribution in [0.25, 0.3) is 0 Å². The molecule has 9 nitrogen and oxygen atoms in total. The highest BCUT2D eigenvalue weighted by atomic mass is 16.7. The highest BCUT2D eigenvalue weighted by molar-refractivity contribution is 6.00. The fraction of sp³-hybridized carbons (Fsp3) is 0.500. The van der Waals surface area contributed by atoms with Crippen molar-refractivity contribution in [1.29, 1.82) is 0 Å². The van der Waals surface area contributed by atoms with Crippen LogP contribution >= 0.6 is 0 Å². The minimum absolute atomic E-state index is 0.0301. The van der Waals surface area contributed by atoms with Gasteiger partial charge in [0.15, 0.2) is 5.34 Å². The van der Waals surface area contributed by atoms with Gasteiger partial charge in [-0.25, -0.2) is 4.79 Å². The number of hydrogen-bond donors (Lipinski definition) is 4. The van der Waals surface area contributed by atoms with Gasteiger partial charge in [-0.3, -0.25) is 4.99 Å². The Hall–Kier alpha value is -3.30. The van der Waals surface area contributed by atoms with Crippen molar-refractivity contribution >= 4 is 23.6 Å². The summed E-state index contributed by atoms with van der Waals surface area (Å²) in [5, 5.41) is 14.8. The molecule has 0 saturated carbocycles. The minimum atomic E-state index is -1.03. The summed E-state index contributed by atoms with van der Waals surface area (Å²) in [6.07, 6.45) is 4.83. The average Bonchev–Trinajstić information content (AvgIpc) is 2.97. The lowest BCUT2D eigenvalue weighted by molar-refractivity contribution is 0.0661. The molecular weight excluding hydrogens is 470 g/mol. The van der Waals surface area contributed by atoms with E-state index in [9.17, 15) is 9.70 Å². The molecule has 2 aromatic carbocycles. The number of aromatic carboxylic acids is 1. The third-order valence-electron chi connectivity index (χ3n) is 5.18. The van der Waals surface area contributed by atoms with E-state index in [-0.39, 0.29) is 17.4 Å². The molecule has 2 unspecified atom stereocenters. The van der Waals surface area contributed by atoms with E-state index in [4.69, 9.17) is 10.8 Å². The second kappa shape index (κ2) is 23.1. The molecule has 1 heterocycles. The quantitative estimate of drug-likeness (QED) is 0.146. The number of carboxylic acid groups (broad SMARTS) is 1. The topological polar surface area (TPSA) is 152 Å². The molecular formula is C28H47N5O4. The minimum Gasteiger partial charge on any atom is -0.478 e. The van der Waals surface area contributed by atoms with Crippen LogP contribution in [0.3, 0.4) is 0 Å². The number of nitrogens with one attached hydrogen (secondary N) is 1. The number of anilines is 1. The van der Waals surface area contributed by atoms with Crippen molar-refractivity contribution in [2.75, 3.05) is 25.9 Å². The number of nitrogen functional groups attached to an aromatic ring is 1. The number of carbonyl (C=O) groups is 1. The summed E-state index contributed by atoms with van der Waals surface area (Å²) < 4.78 is 0. The van der Waals surface area contributed by atoms with Gasteiger partial charge in [0, 0.05) is 18.3 Å². The highest BCUT2D eigenvalue weighted by Gasteiger charge is 2.14. The van der Waals surface area contributed by atoms with Crippen molar-refractivity contribution in [3.05, 3.63) is 64.1 Å². The van der Waals surface area contributed by atoms with E-state index in [1.54, 1.807) is 25.3 Å². The lowest BCUT2D eigenvalue weighted by Crippen LogP contribution is -2.28. The normalized spacial score (nSPS) is 14.5. The predicted octanol–water partition coefficient (Wildman–Crippen LogP) is 6.29. The lowest BCUT2D eigenvalue weighted by atomic mass is 9.92. The maximum atomic E-state index is 11.1. The molecule has 0 bridgehead atoms. The average molecular weight is 518 g/mol. The summed E-state index contributed by atoms with van der Waals surface area (Å²) in [6, 6.07) is 13.1. The van der Waals surface area contributed by atoms with Crippen LogP contribution in [-0.2, 0) is 4.84 Å². The third kappa shape index (κ3) is 14.1. The van der Waals surface area contributed by atoms with Crippen LogP contribution in [0.15, 0.2) is 52.8 Å². The summed E-state index contributed by atoms with van der Waals surface area (Å²) in [5.41, 5.74) is 13.5. The molecule has 3 rings (SSSR count). The van der Waals surface area contributed by atoms with Gasteiger partial charge in [0.2, 0.25) is 0 Å². The first kappa shape index (κ1) is 35.9. The van der Waals surface area contributed by atoms with Gasteiger partial charge < -0.3 is 26.7 Å². The largest absolute Gasteiger partial charge is 0.478 e. The zero-order valence-electron chi connectivity index (χ0n) is 23.5. The highest BCUT2D eigenvalue weighted by Crippen LogP contribution is 2.25. The zero-order chi connectivity index (χ0) is 28.6. The van der Waals surface area contributed by atoms with E-state index >= 15 is 0 Å². The molecule has 6 N–H and O–H groups in total. The van der Waals surface area contributed by atoms with Crippen molar-refractivity contribution in [1.82, 2.24) is 5.32 Å². The molecule has 2 atom stereocenters. The molecule has 9 heteroatoms. The van der Waals surface area contributed by atoms with E-state index in [0.717, 1.165) is 25.2 Å². The summed E-state index contributed by atoms with van der Waals surface area (Å²) in [6.45, 7) is 13.9. The predicted molar refractivity (Wildman–Crippen MR) is 156 cm³/mol. The van der Waals surface area contributed by atoms with E-state index < -0.39 is 5.97 Å². The second-order valence-electron chi connectivity index (χ2n) is 7.41. The van der Waals surface area contributed by atoms with E-state index in [1.165, 1.54) is 31.5 Å². The molecule has 2 aromatic rings. The molecule has 1 fully saturated rings. The van der Waals surface area contributed by atoms with Gasteiger partial charge in [-0.2, -0.15) is 0 Å². The molecule has 1 aliphatic rings. The first-order valence-electron chi connectivity index (χ1n) is 13.0. The summed E-state index contributed by atoms with van der Waals surface area (Å²) in [5.74, 6) is -0.465. The first-order chi connectivity index (χ1) is 18.0. The van der Waals surface area contributed by atoms with Crippen LogP contribution in [0.5, 0.6) is 0 Å². The van der Waals surface area contributed by atoms with Crippen LogP contribution in [0, 0.1) is 4.91 Å². The van der Waals surface area contributed by atoms with Crippen molar-refractivity contribution in [3.8, 4) is 0 Å². The number of aliphatic imine (C=N–C) groups is 1. The number of rotatable bonds is 7. The summed E-state index contributed by atoms with van der Waals surface area (Å²) in [7, 11) is 1.50. The van der Waals surface area contributed by atoms with Crippen LogP contribution in [-0.4, -0.2) is 43.5 Å². The Balaban J connectivity index is 0. The van der Waals surface area contributed by atoms with Crippen LogP contribution < -0.4 is 16.8 Å². The van der Waals surface area contributed by atoms with Gasteiger partial charge in [0.1, 0.15) is 6.10 Å². The molecule has 1 saturated heterocycles. The standard InChI is InChI=1S/C19H21N3O2.C4H9NO2.2C2H6.CH5N/c20-18-15(3-1-5-17(18)19(23)24)12-22-16-8-6-13(7-9-16)14-4-2-10-21-11-14;1-3-4(2)7-5-6;3*1-2/h1,3,5-9,12,14,21H,2,4,10-11,20H2,(H,23,24);4H,3H2,1-2H3;2*1-2H3;2H2,1H3. The number of nitrogens with zero attached hydrogens (tertiary/aromatic N) is 2. The first-order valence-corrected chi connectivity index (χ1v) is 13.0. The van der Waals surface area contributed by atoms with Gasteiger partial charge in [0.05, 0.1) is 16.9 Å². The molecule has 0 aliphatic carbocycles. The fourth-order valence-electron chi connectivity index (χ4n) is 3.14. The van der Waals surface area contributed by atoms with Gasteiger partial charge in [-0.1, -0.05) is 58.9 Å². The molecule has 1 aliphatic heterocycles. The Bertz CT molecular complexity index is 883. The van der Waals surface area contributed by atoms with E-state index in [0.29, 0.717) is 11.5 Å². The fourth-order valence-corrected chi connectivity index (χ4v) is 3.14. The number of carboxylic acids is 1. The maximum absolute atomic E-state index is 11.1. The third-order valence-corrected chi connectivity index (χ3v) is 5.18. The maximum Gasteiger partial charge on any atom is 0.337 e. The zero-order valence-corrected chi connectivity index (χ0v) is 23.5. The molecule has 0 spiro atoms. The lowest BCUT2D eigenvalue weighted by Gasteiger charge is -2.23. The Labute approximate surface area is 222 Å². The van der Waals surface area contributed by atoms with Crippen LogP contribution in [0.2, 0.25) is 0 Å². The van der Waals surface area contributed by atoms with Gasteiger partial charge >= 0.3 is 5.97 Å². The second-order valence-corrected chi connectivity index (χ2v) is 7.41. The van der Waals surface area contributed by atoms with Crippen molar-refractivity contribution in [2.45, 2.75) is 72.8 Å². The van der Waals surface area contributed by atoms with Gasteiger partial charge in [0.25, 0.3) is 0 Å². The summed E-state index contributed by atoms with van der Waals surface area (Å²) >= 11 is 0. The molecule has 37 heavy (non-hydrogen) atoms. The Kier molecular flexibility index (Phi) is 22.4. The molecule has 208 valence electrons. The number of benzene rings is 2. The van der Waals surface area contributed by atoms with E-state index in [2.05, 4.69) is 38.4 Å². The number of nitrogens with two attached hydrogens (primary N) is 2. The Morgan fingerprint density at radius 2 is 1.78 bits per heavy atom. The number of piperidine rings is 1. The Morgan fingerprint density at radius 3 is 2.24 bits per heavy atom. The van der Waals surface area contributed by atoms with Gasteiger partial charge in [-0.15, -0.1) is 4.91 Å². The van der Waals surface area contributed by atoms with Crippen LogP contribution in [0.4, 0.5) is 11.4 Å². The number of hydrogen-bond acceptors (Lipinski definition) is 8. The van der Waals surface area contributed by atoms with Crippen LogP contribution in [0.1, 0.15) is 88.2 Å². The van der Waals surface area contributed by atoms with Gasteiger partial charge in [-0.05, 0) is 69.5 Å². The smallest absolute Gasteiger partial charge is 0.337 e. The monoisotopic (exact) mass is 517 g/mol. The molecule has 0 aromatic heterocycles. The number of para-hydroxylation sites is 1. The SMILES string of the molecule is CC.CC.CCC(C)ON=O.CN.Nc1c(C=Nc2ccc(C3CCCNC3)cc2)cccc1C(=O)O. The van der Waals surface area contributed by atoms with Crippen molar-refractivity contribution in [2.24, 2.45) is 16.1 Å². The summed E-state index contributed by atoms with van der Waals surface area (Å²) in [4.78, 5) is 29.1. The van der Waals surface area contributed by atoms with E-state index in [1.807, 2.05) is 46.8 Å². The van der Waals surface area contributed by atoms with Crippen molar-refractivity contribution in [3.63, 3.8) is 0 Å². The molecule has 0 amide bonds. The molecule has 0 radical (unpaired) electrons. The van der Waals surface area contributed by atoms with Crippen molar-refractivity contribution < 1.29 is 14.7 Å².